The van der Waals surface area contributed by atoms with Crippen LogP contribution in [-0.4, -0.2) is 24.1 Å². The summed E-state index contributed by atoms with van der Waals surface area (Å²) in [4.78, 5) is 0.280. The summed E-state index contributed by atoms with van der Waals surface area (Å²) in [5, 5.41) is 5.31. The molecule has 1 heterocycles. The predicted molar refractivity (Wildman–Crippen MR) is 122 cm³/mol. The molecule has 154 valence electrons. The minimum absolute atomic E-state index is 0.280. The highest BCUT2D eigenvalue weighted by Gasteiger charge is 2.10. The molecule has 4 rings (SSSR count). The number of benzene rings is 3. The number of aromatic nitrogens is 2. The quantitative estimate of drug-likeness (QED) is 0.496. The Balaban J connectivity index is 0.000000199. The maximum absolute atomic E-state index is 11.1. The Morgan fingerprint density at radius 3 is 2.00 bits per heavy atom. The van der Waals surface area contributed by atoms with Crippen LogP contribution in [0.2, 0.25) is 5.02 Å². The number of rotatable bonds is 4. The number of nitrogens with two attached hydrogens (primary N) is 1. The van der Waals surface area contributed by atoms with Crippen molar-refractivity contribution in [3.8, 4) is 22.5 Å². The first-order valence-electron chi connectivity index (χ1n) is 9.24. The Kier molecular flexibility index (Phi) is 7.05. The SMILES string of the molecule is Cn1nc(-c2ccccc2)cc1-c1ccc(Cl)cc1.NCS(=O)(=O)c1ccccc1. The lowest BCUT2D eigenvalue weighted by Gasteiger charge is -2.00. The summed E-state index contributed by atoms with van der Waals surface area (Å²) in [5.41, 5.74) is 9.35. The average Bonchev–Trinajstić information content (AvgIpc) is 3.17. The van der Waals surface area contributed by atoms with E-state index in [1.165, 1.54) is 12.1 Å². The molecule has 0 saturated heterocycles. The molecule has 0 unspecified atom stereocenters. The third kappa shape index (κ3) is 5.36. The van der Waals surface area contributed by atoms with E-state index in [9.17, 15) is 8.42 Å². The van der Waals surface area contributed by atoms with Crippen molar-refractivity contribution < 1.29 is 8.42 Å². The lowest BCUT2D eigenvalue weighted by Crippen LogP contribution is -2.14. The van der Waals surface area contributed by atoms with Crippen LogP contribution in [0.25, 0.3) is 22.5 Å². The molecular weight excluding hydrogens is 418 g/mol. The smallest absolute Gasteiger partial charge is 0.191 e. The lowest BCUT2D eigenvalue weighted by molar-refractivity contribution is 0.596. The summed E-state index contributed by atoms with van der Waals surface area (Å²) in [5.74, 6) is -0.336. The van der Waals surface area contributed by atoms with Gasteiger partial charge in [0.1, 0.15) is 5.88 Å². The van der Waals surface area contributed by atoms with Crippen LogP contribution in [0.1, 0.15) is 0 Å². The van der Waals surface area contributed by atoms with Gasteiger partial charge in [-0.05, 0) is 35.9 Å². The first-order valence-corrected chi connectivity index (χ1v) is 11.3. The van der Waals surface area contributed by atoms with Gasteiger partial charge in [0.15, 0.2) is 9.84 Å². The molecule has 0 saturated carbocycles. The Morgan fingerprint density at radius 1 is 0.867 bits per heavy atom. The van der Waals surface area contributed by atoms with Crippen molar-refractivity contribution in [1.29, 1.82) is 0 Å². The lowest BCUT2D eigenvalue weighted by atomic mass is 10.1. The minimum atomic E-state index is -3.22. The summed E-state index contributed by atoms with van der Waals surface area (Å²) < 4.78 is 24.0. The second-order valence-corrected chi connectivity index (χ2v) is 8.98. The molecule has 2 N–H and O–H groups in total. The van der Waals surface area contributed by atoms with Crippen molar-refractivity contribution in [3.63, 3.8) is 0 Å². The van der Waals surface area contributed by atoms with Gasteiger partial charge in [-0.1, -0.05) is 72.3 Å². The molecule has 0 bridgehead atoms. The van der Waals surface area contributed by atoms with Gasteiger partial charge in [-0.2, -0.15) is 5.10 Å². The molecule has 0 radical (unpaired) electrons. The van der Waals surface area contributed by atoms with Crippen LogP contribution in [0.4, 0.5) is 0 Å². The van der Waals surface area contributed by atoms with Gasteiger partial charge in [0, 0.05) is 17.6 Å². The monoisotopic (exact) mass is 439 g/mol. The van der Waals surface area contributed by atoms with Crippen molar-refractivity contribution in [2.75, 3.05) is 5.88 Å². The zero-order valence-corrected chi connectivity index (χ0v) is 18.0. The fraction of sp³-hybridized carbons (Fsp3) is 0.0870. The van der Waals surface area contributed by atoms with Gasteiger partial charge >= 0.3 is 0 Å². The van der Waals surface area contributed by atoms with Crippen molar-refractivity contribution in [3.05, 3.63) is 96.0 Å². The maximum Gasteiger partial charge on any atom is 0.191 e. The first-order chi connectivity index (χ1) is 14.4. The van der Waals surface area contributed by atoms with Crippen LogP contribution < -0.4 is 5.73 Å². The molecular formula is C23H22ClN3O2S. The van der Waals surface area contributed by atoms with Gasteiger partial charge in [-0.3, -0.25) is 4.68 Å². The fourth-order valence-corrected chi connectivity index (χ4v) is 3.72. The molecule has 0 amide bonds. The first kappa shape index (κ1) is 21.8. The third-order valence-corrected chi connectivity index (χ3v) is 6.09. The van der Waals surface area contributed by atoms with Gasteiger partial charge in [-0.15, -0.1) is 0 Å². The summed E-state index contributed by atoms with van der Waals surface area (Å²) >= 11 is 5.92. The van der Waals surface area contributed by atoms with Crippen LogP contribution in [0, 0.1) is 0 Å². The van der Waals surface area contributed by atoms with Crippen molar-refractivity contribution in [2.45, 2.75) is 4.90 Å². The normalized spacial score (nSPS) is 10.9. The zero-order chi connectivity index (χ0) is 21.6. The van der Waals surface area contributed by atoms with Crippen molar-refractivity contribution in [1.82, 2.24) is 9.78 Å². The van der Waals surface area contributed by atoms with Crippen LogP contribution in [-0.2, 0) is 16.9 Å². The van der Waals surface area contributed by atoms with E-state index in [1.54, 1.807) is 18.2 Å². The zero-order valence-electron chi connectivity index (χ0n) is 16.4. The number of hydrogen-bond donors (Lipinski definition) is 1. The second-order valence-electron chi connectivity index (χ2n) is 6.51. The summed E-state index contributed by atoms with van der Waals surface area (Å²) in [6, 6.07) is 28.2. The Morgan fingerprint density at radius 2 is 1.43 bits per heavy atom. The maximum atomic E-state index is 11.1. The standard InChI is InChI=1S/C16H13ClN2.C7H9NO2S/c1-19-16(13-7-9-14(17)10-8-13)11-15(18-19)12-5-3-2-4-6-12;8-6-11(9,10)7-4-2-1-3-5-7/h2-11H,1H3;1-5H,6,8H2. The molecule has 0 aliphatic rings. The number of hydrogen-bond acceptors (Lipinski definition) is 4. The molecule has 0 aliphatic carbocycles. The Labute approximate surface area is 181 Å². The average molecular weight is 440 g/mol. The molecule has 5 nitrogen and oxygen atoms in total. The fourth-order valence-electron chi connectivity index (χ4n) is 2.83. The van der Waals surface area contributed by atoms with E-state index in [0.29, 0.717) is 0 Å². The van der Waals surface area contributed by atoms with E-state index < -0.39 is 9.84 Å². The highest BCUT2D eigenvalue weighted by atomic mass is 35.5. The molecule has 3 aromatic carbocycles. The number of aryl methyl sites for hydroxylation is 1. The molecule has 0 spiro atoms. The molecule has 0 aliphatic heterocycles. The number of sulfone groups is 1. The van der Waals surface area contributed by atoms with E-state index >= 15 is 0 Å². The number of nitrogens with zero attached hydrogens (tertiary/aromatic N) is 2. The van der Waals surface area contributed by atoms with Gasteiger partial charge in [0.05, 0.1) is 16.3 Å². The summed E-state index contributed by atoms with van der Waals surface area (Å²) in [6.45, 7) is 0. The molecule has 4 aromatic rings. The molecule has 30 heavy (non-hydrogen) atoms. The highest BCUT2D eigenvalue weighted by molar-refractivity contribution is 7.91. The number of halogens is 1. The van der Waals surface area contributed by atoms with Gasteiger partial charge in [0.25, 0.3) is 0 Å². The van der Waals surface area contributed by atoms with Gasteiger partial charge < -0.3 is 5.73 Å². The van der Waals surface area contributed by atoms with Crippen LogP contribution in [0.5, 0.6) is 0 Å². The molecule has 1 aromatic heterocycles. The highest BCUT2D eigenvalue weighted by Crippen LogP contribution is 2.26. The van der Waals surface area contributed by atoms with E-state index in [0.717, 1.165) is 27.5 Å². The Bertz CT molecular complexity index is 1190. The van der Waals surface area contributed by atoms with Crippen LogP contribution >= 0.6 is 11.6 Å². The second kappa shape index (κ2) is 9.71. The minimum Gasteiger partial charge on any atom is -0.317 e. The molecule has 0 fully saturated rings. The summed E-state index contributed by atoms with van der Waals surface area (Å²) in [6.07, 6.45) is 0. The molecule has 0 atom stereocenters. The van der Waals surface area contributed by atoms with E-state index in [1.807, 2.05) is 54.2 Å². The van der Waals surface area contributed by atoms with Crippen molar-refractivity contribution in [2.24, 2.45) is 12.8 Å². The predicted octanol–water partition coefficient (Wildman–Crippen LogP) is 4.78. The topological polar surface area (TPSA) is 78.0 Å². The van der Waals surface area contributed by atoms with E-state index in [4.69, 9.17) is 17.3 Å². The van der Waals surface area contributed by atoms with Crippen LogP contribution in [0.15, 0.2) is 95.9 Å². The molecule has 7 heteroatoms. The van der Waals surface area contributed by atoms with Crippen molar-refractivity contribution >= 4 is 21.4 Å². The van der Waals surface area contributed by atoms with E-state index in [-0.39, 0.29) is 10.8 Å². The van der Waals surface area contributed by atoms with Crippen LogP contribution in [0.3, 0.4) is 0 Å². The van der Waals surface area contributed by atoms with Gasteiger partial charge in [0.2, 0.25) is 0 Å². The van der Waals surface area contributed by atoms with Gasteiger partial charge in [-0.25, -0.2) is 8.42 Å². The largest absolute Gasteiger partial charge is 0.317 e. The Hall–Kier alpha value is -2.93. The van der Waals surface area contributed by atoms with E-state index in [2.05, 4.69) is 23.3 Å². The third-order valence-electron chi connectivity index (χ3n) is 4.41. The summed E-state index contributed by atoms with van der Waals surface area (Å²) in [7, 11) is -1.27.